The van der Waals surface area contributed by atoms with Gasteiger partial charge in [-0.15, -0.1) is 0 Å². The number of carbonyl (C=O) groups excluding carboxylic acids is 1. The monoisotopic (exact) mass is 372 g/mol. The van der Waals surface area contributed by atoms with Crippen LogP contribution in [-0.4, -0.2) is 36.3 Å². The molecule has 0 spiro atoms. The number of ether oxygens (including phenoxy) is 1. The first-order chi connectivity index (χ1) is 13.0. The molecule has 0 aromatic heterocycles. The van der Waals surface area contributed by atoms with Crippen LogP contribution in [-0.2, 0) is 5.54 Å². The molecule has 0 saturated carbocycles. The van der Waals surface area contributed by atoms with Crippen LogP contribution < -0.4 is 10.1 Å². The molecule has 1 heterocycles. The minimum Gasteiger partial charge on any atom is -0.497 e. The van der Waals surface area contributed by atoms with Crippen molar-refractivity contribution in [1.29, 1.82) is 0 Å². The minimum absolute atomic E-state index is 0.0638. The maximum Gasteiger partial charge on any atom is 0.318 e. The second kappa shape index (κ2) is 7.96. The number of hydrogen-bond acceptors (Lipinski definition) is 3. The van der Waals surface area contributed by atoms with Crippen molar-refractivity contribution in [2.24, 2.45) is 0 Å². The molecule has 2 aromatic rings. The molecule has 2 aromatic carbocycles. The van der Waals surface area contributed by atoms with Gasteiger partial charge in [-0.3, -0.25) is 0 Å². The molecule has 27 heavy (non-hydrogen) atoms. The topological polar surface area (TPSA) is 61.8 Å². The van der Waals surface area contributed by atoms with Crippen molar-refractivity contribution in [3.05, 3.63) is 65.5 Å². The molecule has 2 N–H and O–H groups in total. The van der Waals surface area contributed by atoms with Gasteiger partial charge in [-0.1, -0.05) is 24.3 Å². The van der Waals surface area contributed by atoms with Crippen molar-refractivity contribution < 1.29 is 19.0 Å². The van der Waals surface area contributed by atoms with Gasteiger partial charge in [0.2, 0.25) is 0 Å². The summed E-state index contributed by atoms with van der Waals surface area (Å²) in [7, 11) is 1.62. The van der Waals surface area contributed by atoms with Crippen LogP contribution >= 0.6 is 0 Å². The SMILES string of the molecule is COc1ccc([C@H](C)N2CCC(CCO)(c3ccc(F)cc3)NC2=O)cc1. The highest BCUT2D eigenvalue weighted by atomic mass is 19.1. The van der Waals surface area contributed by atoms with Crippen molar-refractivity contribution >= 4 is 6.03 Å². The van der Waals surface area contributed by atoms with Crippen LogP contribution in [0, 0.1) is 5.82 Å². The predicted octanol–water partition coefficient (Wildman–Crippen LogP) is 3.59. The number of carbonyl (C=O) groups is 1. The van der Waals surface area contributed by atoms with E-state index in [-0.39, 0.29) is 24.5 Å². The third-order valence-corrected chi connectivity index (χ3v) is 5.39. The molecule has 3 rings (SSSR count). The van der Waals surface area contributed by atoms with E-state index in [0.29, 0.717) is 19.4 Å². The van der Waals surface area contributed by atoms with Crippen molar-refractivity contribution in [1.82, 2.24) is 10.2 Å². The third-order valence-electron chi connectivity index (χ3n) is 5.39. The van der Waals surface area contributed by atoms with Crippen molar-refractivity contribution in [3.63, 3.8) is 0 Å². The van der Waals surface area contributed by atoms with E-state index in [1.165, 1.54) is 12.1 Å². The molecule has 1 unspecified atom stereocenters. The van der Waals surface area contributed by atoms with E-state index in [4.69, 9.17) is 4.74 Å². The molecule has 0 bridgehead atoms. The first-order valence-electron chi connectivity index (χ1n) is 9.09. The highest BCUT2D eigenvalue weighted by Gasteiger charge is 2.40. The Morgan fingerprint density at radius 1 is 1.22 bits per heavy atom. The molecule has 2 atom stereocenters. The van der Waals surface area contributed by atoms with Gasteiger partial charge in [0.1, 0.15) is 11.6 Å². The van der Waals surface area contributed by atoms with Gasteiger partial charge in [0.15, 0.2) is 0 Å². The molecule has 1 aliphatic heterocycles. The molecule has 5 nitrogen and oxygen atoms in total. The Hall–Kier alpha value is -2.60. The first kappa shape index (κ1) is 19.2. The normalized spacial score (nSPS) is 20.9. The molecule has 1 saturated heterocycles. The summed E-state index contributed by atoms with van der Waals surface area (Å²) in [6.07, 6.45) is 1.01. The van der Waals surface area contributed by atoms with Crippen LogP contribution in [0.2, 0.25) is 0 Å². The van der Waals surface area contributed by atoms with E-state index in [1.807, 2.05) is 31.2 Å². The summed E-state index contributed by atoms with van der Waals surface area (Å²) >= 11 is 0. The van der Waals surface area contributed by atoms with Crippen LogP contribution in [0.4, 0.5) is 9.18 Å². The number of halogens is 1. The van der Waals surface area contributed by atoms with Gasteiger partial charge in [-0.25, -0.2) is 9.18 Å². The third kappa shape index (κ3) is 3.90. The number of aliphatic hydroxyl groups excluding tert-OH is 1. The maximum atomic E-state index is 13.3. The van der Waals surface area contributed by atoms with Crippen LogP contribution in [0.5, 0.6) is 5.75 Å². The Kier molecular flexibility index (Phi) is 5.65. The number of amides is 2. The number of urea groups is 1. The second-order valence-electron chi connectivity index (χ2n) is 6.89. The lowest BCUT2D eigenvalue weighted by atomic mass is 9.82. The fourth-order valence-corrected chi connectivity index (χ4v) is 3.69. The molecule has 1 fully saturated rings. The van der Waals surface area contributed by atoms with Crippen LogP contribution in [0.3, 0.4) is 0 Å². The van der Waals surface area contributed by atoms with Crippen LogP contribution in [0.1, 0.15) is 36.9 Å². The summed E-state index contributed by atoms with van der Waals surface area (Å²) in [5, 5.41) is 12.6. The second-order valence-corrected chi connectivity index (χ2v) is 6.89. The standard InChI is InChI=1S/C21H25FN2O3/c1-15(16-3-9-19(27-2)10-4-16)24-13-11-21(12-14-25,23-20(24)26)17-5-7-18(22)8-6-17/h3-10,15,25H,11-14H2,1-2H3,(H,23,26)/t15-,21?/m0/s1. The number of benzene rings is 2. The highest BCUT2D eigenvalue weighted by Crippen LogP contribution is 2.35. The average molecular weight is 372 g/mol. The van der Waals surface area contributed by atoms with E-state index in [1.54, 1.807) is 24.1 Å². The summed E-state index contributed by atoms with van der Waals surface area (Å²) < 4.78 is 18.5. The van der Waals surface area contributed by atoms with E-state index < -0.39 is 5.54 Å². The maximum absolute atomic E-state index is 13.3. The number of methoxy groups -OCH3 is 1. The molecule has 144 valence electrons. The number of nitrogens with zero attached hydrogens (tertiary/aromatic N) is 1. The summed E-state index contributed by atoms with van der Waals surface area (Å²) in [4.78, 5) is 14.7. The average Bonchev–Trinajstić information content (AvgIpc) is 2.68. The number of aliphatic hydroxyl groups is 1. The number of hydrogen-bond donors (Lipinski definition) is 2. The van der Waals surface area contributed by atoms with E-state index in [2.05, 4.69) is 5.32 Å². The fourth-order valence-electron chi connectivity index (χ4n) is 3.69. The molecule has 6 heteroatoms. The molecular formula is C21H25FN2O3. The van der Waals surface area contributed by atoms with Gasteiger partial charge < -0.3 is 20.1 Å². The molecule has 2 amide bonds. The lowest BCUT2D eigenvalue weighted by Gasteiger charge is -2.44. The minimum atomic E-state index is -0.685. The zero-order chi connectivity index (χ0) is 19.4. The van der Waals surface area contributed by atoms with E-state index in [0.717, 1.165) is 16.9 Å². The van der Waals surface area contributed by atoms with Gasteiger partial charge >= 0.3 is 6.03 Å². The Bertz CT molecular complexity index is 779. The zero-order valence-electron chi connectivity index (χ0n) is 15.6. The van der Waals surface area contributed by atoms with Crippen LogP contribution in [0.15, 0.2) is 48.5 Å². The number of rotatable bonds is 6. The smallest absolute Gasteiger partial charge is 0.318 e. The van der Waals surface area contributed by atoms with E-state index in [9.17, 15) is 14.3 Å². The molecule has 1 aliphatic rings. The first-order valence-corrected chi connectivity index (χ1v) is 9.09. The lowest BCUT2D eigenvalue weighted by molar-refractivity contribution is 0.110. The summed E-state index contributed by atoms with van der Waals surface area (Å²) in [5.41, 5.74) is 1.14. The number of nitrogens with one attached hydrogen (secondary N) is 1. The fraction of sp³-hybridized carbons (Fsp3) is 0.381. The lowest BCUT2D eigenvalue weighted by Crippen LogP contribution is -2.58. The zero-order valence-corrected chi connectivity index (χ0v) is 15.6. The molecular weight excluding hydrogens is 347 g/mol. The van der Waals surface area contributed by atoms with Gasteiger partial charge in [0, 0.05) is 13.2 Å². The molecule has 0 aliphatic carbocycles. The van der Waals surface area contributed by atoms with Crippen LogP contribution in [0.25, 0.3) is 0 Å². The van der Waals surface area contributed by atoms with Gasteiger partial charge in [-0.05, 0) is 55.2 Å². The summed E-state index contributed by atoms with van der Waals surface area (Å²) in [6, 6.07) is 13.5. The summed E-state index contributed by atoms with van der Waals surface area (Å²) in [6.45, 7) is 2.46. The Balaban J connectivity index is 1.79. The Labute approximate surface area is 158 Å². The Morgan fingerprint density at radius 2 is 1.89 bits per heavy atom. The van der Waals surface area contributed by atoms with Crippen molar-refractivity contribution in [2.75, 3.05) is 20.3 Å². The van der Waals surface area contributed by atoms with Gasteiger partial charge in [0.25, 0.3) is 0 Å². The quantitative estimate of drug-likeness (QED) is 0.815. The molecule has 0 radical (unpaired) electrons. The van der Waals surface area contributed by atoms with Gasteiger partial charge in [-0.2, -0.15) is 0 Å². The predicted molar refractivity (Wildman–Crippen MR) is 101 cm³/mol. The van der Waals surface area contributed by atoms with Gasteiger partial charge in [0.05, 0.1) is 18.7 Å². The largest absolute Gasteiger partial charge is 0.497 e. The van der Waals surface area contributed by atoms with Crippen molar-refractivity contribution in [2.45, 2.75) is 31.3 Å². The highest BCUT2D eigenvalue weighted by molar-refractivity contribution is 5.77. The van der Waals surface area contributed by atoms with Crippen molar-refractivity contribution in [3.8, 4) is 5.75 Å². The summed E-state index contributed by atoms with van der Waals surface area (Å²) in [5.74, 6) is 0.446. The van der Waals surface area contributed by atoms with E-state index >= 15 is 0 Å². The Morgan fingerprint density at radius 3 is 2.44 bits per heavy atom.